The highest BCUT2D eigenvalue weighted by atomic mass is 16.6. The number of aromatic nitrogens is 1. The lowest BCUT2D eigenvalue weighted by Crippen LogP contribution is -2.51. The van der Waals surface area contributed by atoms with Crippen LogP contribution in [0.5, 0.6) is 0 Å². The first-order valence-electron chi connectivity index (χ1n) is 21.2. The molecule has 8 rings (SSSR count). The number of imide groups is 2. The van der Waals surface area contributed by atoms with Gasteiger partial charge in [0.05, 0.1) is 98.5 Å². The highest BCUT2D eigenvalue weighted by molar-refractivity contribution is 6.41. The number of rotatable bonds is 26. The van der Waals surface area contributed by atoms with Crippen LogP contribution in [0.1, 0.15) is 47.0 Å². The fourth-order valence-corrected chi connectivity index (χ4v) is 8.46. The van der Waals surface area contributed by atoms with E-state index in [1.165, 1.54) is 9.80 Å². The van der Waals surface area contributed by atoms with Crippen molar-refractivity contribution in [2.24, 2.45) is 0 Å². The van der Waals surface area contributed by atoms with Crippen LogP contribution in [0.4, 0.5) is 0 Å². The average Bonchev–Trinajstić information content (AvgIpc) is 3.30. The van der Waals surface area contributed by atoms with Crippen molar-refractivity contribution in [3.05, 3.63) is 101 Å². The Morgan fingerprint density at radius 1 is 0.444 bits per heavy atom. The van der Waals surface area contributed by atoms with Crippen molar-refractivity contribution < 1.29 is 57.1 Å². The fourth-order valence-electron chi connectivity index (χ4n) is 8.46. The first-order chi connectivity index (χ1) is 30.9. The maximum atomic E-state index is 14.6. The second-order valence-corrected chi connectivity index (χ2v) is 15.2. The van der Waals surface area contributed by atoms with Crippen molar-refractivity contribution >= 4 is 66.7 Å². The van der Waals surface area contributed by atoms with E-state index in [2.05, 4.69) is 4.98 Å². The number of nitrogens with zero attached hydrogens (tertiary/aromatic N) is 3. The molecule has 0 atom stereocenters. The minimum Gasteiger partial charge on any atom is -0.382 e. The molecule has 2 aliphatic rings. The molecule has 0 saturated heterocycles. The third-order valence-corrected chi connectivity index (χ3v) is 11.5. The van der Waals surface area contributed by atoms with Gasteiger partial charge in [0.2, 0.25) is 0 Å². The van der Waals surface area contributed by atoms with Crippen molar-refractivity contribution in [2.45, 2.75) is 12.5 Å². The van der Waals surface area contributed by atoms with Gasteiger partial charge in [-0.05, 0) is 80.7 Å². The van der Waals surface area contributed by atoms with Gasteiger partial charge >= 0.3 is 0 Å². The number of pyridine rings is 1. The SMILES string of the molecule is COCCOCCOCCOCC(COCCOCCOCCOC)N1C(=O)c2ccc3c4ccc5c6c(ccc(c7ccc(c2c37)C1=O)c64)C(=O)N(CCc1ccncc1)C5=O. The summed E-state index contributed by atoms with van der Waals surface area (Å²) >= 11 is 0. The number of fused-ring (bicyclic) bond motifs is 2. The minimum absolute atomic E-state index is 0.0205. The van der Waals surface area contributed by atoms with Crippen molar-refractivity contribution in [3.8, 4) is 0 Å². The molecule has 0 bridgehead atoms. The van der Waals surface area contributed by atoms with Crippen molar-refractivity contribution in [1.82, 2.24) is 14.8 Å². The summed E-state index contributed by atoms with van der Waals surface area (Å²) in [5.74, 6) is -1.60. The molecular formula is C48H51N3O12. The molecule has 330 valence electrons. The van der Waals surface area contributed by atoms with Crippen LogP contribution in [-0.2, 0) is 44.3 Å². The summed E-state index contributed by atoms with van der Waals surface area (Å²) < 4.78 is 44.1. The van der Waals surface area contributed by atoms with Gasteiger partial charge in [0.1, 0.15) is 0 Å². The summed E-state index contributed by atoms with van der Waals surface area (Å²) in [6.45, 7) is 4.88. The first kappa shape index (κ1) is 44.1. The second kappa shape index (κ2) is 20.8. The van der Waals surface area contributed by atoms with Crippen LogP contribution in [0, 0.1) is 0 Å². The number of hydrogen-bond donors (Lipinski definition) is 0. The number of hydrogen-bond acceptors (Lipinski definition) is 13. The van der Waals surface area contributed by atoms with Gasteiger partial charge in [-0.25, -0.2) is 0 Å². The topological polar surface area (TPSA) is 161 Å². The van der Waals surface area contributed by atoms with Crippen LogP contribution in [0.15, 0.2) is 73.1 Å². The normalized spacial score (nSPS) is 14.0. The van der Waals surface area contributed by atoms with E-state index in [1.54, 1.807) is 50.9 Å². The Morgan fingerprint density at radius 2 is 0.810 bits per heavy atom. The molecule has 0 unspecified atom stereocenters. The van der Waals surface area contributed by atoms with E-state index in [4.69, 9.17) is 37.9 Å². The van der Waals surface area contributed by atoms with Crippen LogP contribution in [0.25, 0.3) is 43.1 Å². The van der Waals surface area contributed by atoms with Crippen molar-refractivity contribution in [1.29, 1.82) is 0 Å². The Morgan fingerprint density at radius 3 is 1.21 bits per heavy atom. The Bertz CT molecular complexity index is 2440. The zero-order chi connectivity index (χ0) is 43.7. The van der Waals surface area contributed by atoms with Crippen molar-refractivity contribution in [2.75, 3.05) is 113 Å². The van der Waals surface area contributed by atoms with E-state index >= 15 is 0 Å². The van der Waals surface area contributed by atoms with Crippen LogP contribution >= 0.6 is 0 Å². The standard InChI is InChI=1S/C48H51N3O12/c1-56-17-19-58-21-23-60-25-27-62-29-32(30-63-28-26-61-24-22-59-20-18-57-2)51-47(54)39-9-5-35-33-3-7-37-43-38(46(53)50(45(37)52)16-13-31-11-14-49-15-12-31)8-4-34(41(33)43)36-6-10-40(48(51)55)44(39)42(35)36/h3-12,14-15,32H,13,16-30H2,1-2H3. The third-order valence-electron chi connectivity index (χ3n) is 11.5. The molecule has 15 nitrogen and oxygen atoms in total. The molecular weight excluding hydrogens is 811 g/mol. The number of amides is 4. The molecule has 0 fully saturated rings. The first-order valence-corrected chi connectivity index (χ1v) is 21.2. The lowest BCUT2D eigenvalue weighted by molar-refractivity contribution is -0.0276. The summed E-state index contributed by atoms with van der Waals surface area (Å²) in [5, 5.41) is 6.01. The molecule has 63 heavy (non-hydrogen) atoms. The molecule has 4 amide bonds. The predicted octanol–water partition coefficient (Wildman–Crippen LogP) is 5.33. The maximum absolute atomic E-state index is 14.6. The van der Waals surface area contributed by atoms with Gasteiger partial charge in [0, 0.05) is 66.2 Å². The summed E-state index contributed by atoms with van der Waals surface area (Å²) in [6.07, 6.45) is 3.89. The smallest absolute Gasteiger partial charge is 0.261 e. The molecule has 0 spiro atoms. The van der Waals surface area contributed by atoms with Crippen LogP contribution in [-0.4, -0.2) is 158 Å². The molecule has 5 aromatic carbocycles. The summed E-state index contributed by atoms with van der Waals surface area (Å²) in [7, 11) is 3.23. The number of ether oxygens (including phenoxy) is 8. The van der Waals surface area contributed by atoms with E-state index in [1.807, 2.05) is 36.4 Å². The number of carbonyl (C=O) groups excluding carboxylic acids is 4. The Labute approximate surface area is 364 Å². The molecule has 0 N–H and O–H groups in total. The minimum atomic E-state index is -0.758. The molecule has 0 radical (unpaired) electrons. The Balaban J connectivity index is 1.04. The molecule has 1 aromatic heterocycles. The lowest BCUT2D eigenvalue weighted by atomic mass is 9.82. The van der Waals surface area contributed by atoms with Crippen LogP contribution in [0.3, 0.4) is 0 Å². The van der Waals surface area contributed by atoms with Gasteiger partial charge in [-0.3, -0.25) is 34.0 Å². The maximum Gasteiger partial charge on any atom is 0.261 e. The molecule has 0 aliphatic carbocycles. The lowest BCUT2D eigenvalue weighted by Gasteiger charge is -2.34. The molecule has 6 aromatic rings. The monoisotopic (exact) mass is 861 g/mol. The largest absolute Gasteiger partial charge is 0.382 e. The zero-order valence-electron chi connectivity index (χ0n) is 35.6. The van der Waals surface area contributed by atoms with Gasteiger partial charge in [0.25, 0.3) is 23.6 Å². The quantitative estimate of drug-likeness (QED) is 0.0298. The Kier molecular flexibility index (Phi) is 14.6. The van der Waals surface area contributed by atoms with E-state index < -0.39 is 17.9 Å². The van der Waals surface area contributed by atoms with Crippen LogP contribution < -0.4 is 0 Å². The molecule has 0 saturated carbocycles. The van der Waals surface area contributed by atoms with E-state index in [0.29, 0.717) is 106 Å². The number of methoxy groups -OCH3 is 2. The average molecular weight is 862 g/mol. The van der Waals surface area contributed by atoms with Gasteiger partial charge in [-0.2, -0.15) is 0 Å². The van der Waals surface area contributed by atoms with Gasteiger partial charge in [-0.15, -0.1) is 0 Å². The molecule has 15 heteroatoms. The molecule has 2 aliphatic heterocycles. The highest BCUT2D eigenvalue weighted by Gasteiger charge is 2.39. The van der Waals surface area contributed by atoms with E-state index in [-0.39, 0.29) is 44.8 Å². The zero-order valence-corrected chi connectivity index (χ0v) is 35.6. The van der Waals surface area contributed by atoms with Gasteiger partial charge in [0.15, 0.2) is 0 Å². The Hall–Kier alpha value is -5.49. The number of carbonyl (C=O) groups is 4. The highest BCUT2D eigenvalue weighted by Crippen LogP contribution is 2.46. The van der Waals surface area contributed by atoms with Crippen molar-refractivity contribution in [3.63, 3.8) is 0 Å². The van der Waals surface area contributed by atoms with E-state index in [9.17, 15) is 19.2 Å². The van der Waals surface area contributed by atoms with Gasteiger partial charge in [-0.1, -0.05) is 24.3 Å². The van der Waals surface area contributed by atoms with Crippen LogP contribution in [0.2, 0.25) is 0 Å². The molecule has 3 heterocycles. The van der Waals surface area contributed by atoms with Gasteiger partial charge < -0.3 is 37.9 Å². The summed E-state index contributed by atoms with van der Waals surface area (Å²) in [4.78, 5) is 63.8. The second-order valence-electron chi connectivity index (χ2n) is 15.2. The predicted molar refractivity (Wildman–Crippen MR) is 234 cm³/mol. The van der Waals surface area contributed by atoms with E-state index in [0.717, 1.165) is 37.9 Å². The summed E-state index contributed by atoms with van der Waals surface area (Å²) in [6, 6.07) is 17.7. The summed E-state index contributed by atoms with van der Waals surface area (Å²) in [5.41, 5.74) is 2.66. The number of benzene rings is 5. The fraction of sp³-hybridized carbons (Fsp3) is 0.396. The third kappa shape index (κ3) is 9.14.